The van der Waals surface area contributed by atoms with Gasteiger partial charge in [-0.25, -0.2) is 9.86 Å². The summed E-state index contributed by atoms with van der Waals surface area (Å²) >= 11 is 6.15. The summed E-state index contributed by atoms with van der Waals surface area (Å²) in [6, 6.07) is 25.8. The van der Waals surface area contributed by atoms with Crippen LogP contribution in [0.3, 0.4) is 0 Å². The highest BCUT2D eigenvalue weighted by molar-refractivity contribution is 6.30. The predicted octanol–water partition coefficient (Wildman–Crippen LogP) is 4.64. The maximum absolute atomic E-state index is 10.8. The summed E-state index contributed by atoms with van der Waals surface area (Å²) in [7, 11) is 0. The molecule has 3 aromatic carbocycles. The number of hydroxylamine groups is 2. The summed E-state index contributed by atoms with van der Waals surface area (Å²) in [6.07, 6.45) is 0.330. The fraction of sp³-hybridized carbons (Fsp3) is 0.300. The van der Waals surface area contributed by atoms with Crippen LogP contribution in [-0.4, -0.2) is 72.0 Å². The zero-order valence-corrected chi connectivity index (χ0v) is 22.1. The number of nitrogens with zero attached hydrogens (tertiary/aromatic N) is 3. The molecule has 0 aliphatic carbocycles. The predicted molar refractivity (Wildman–Crippen MR) is 149 cm³/mol. The van der Waals surface area contributed by atoms with Crippen LogP contribution in [0.15, 0.2) is 78.9 Å². The van der Waals surface area contributed by atoms with E-state index in [0.29, 0.717) is 18.1 Å². The van der Waals surface area contributed by atoms with Gasteiger partial charge in [-0.15, -0.1) is 0 Å². The third kappa shape index (κ3) is 7.98. The second-order valence-electron chi connectivity index (χ2n) is 9.13. The van der Waals surface area contributed by atoms with E-state index in [1.165, 1.54) is 11.1 Å². The fourth-order valence-corrected chi connectivity index (χ4v) is 4.63. The van der Waals surface area contributed by atoms with Crippen molar-refractivity contribution in [1.29, 1.82) is 0 Å². The van der Waals surface area contributed by atoms with Gasteiger partial charge in [0.1, 0.15) is 12.4 Å². The minimum Gasteiger partial charge on any atom is -0.492 e. The van der Waals surface area contributed by atoms with Crippen molar-refractivity contribution in [1.82, 2.24) is 14.9 Å². The Labute approximate surface area is 229 Å². The molecule has 3 N–H and O–H groups in total. The molecule has 1 aliphatic heterocycles. The molecular formula is C30H33ClN4O3. The molecule has 3 aromatic rings. The lowest BCUT2D eigenvalue weighted by atomic mass is 9.96. The normalized spacial score (nSPS) is 14.8. The molecule has 198 valence electrons. The molecule has 7 nitrogen and oxygen atoms in total. The Bertz CT molecular complexity index is 1220. The standard InChI is InChI=1S/C30H33ClN4O3/c31-27-13-11-26(12-14-27)29(25-7-2-1-3-8-25)34-20-18-33(19-21-34)22-23-38-28-15-9-24(10-16-28)6-4-5-17-35(37)30(32)36/h1-3,7-16,29,37H,5,17-23H2,(H2,32,36)/t29-/m0/s1. The molecule has 1 heterocycles. The lowest BCUT2D eigenvalue weighted by Crippen LogP contribution is -2.48. The van der Waals surface area contributed by atoms with Crippen molar-refractivity contribution in [2.24, 2.45) is 5.73 Å². The molecule has 38 heavy (non-hydrogen) atoms. The monoisotopic (exact) mass is 532 g/mol. The molecule has 8 heteroatoms. The Morgan fingerprint density at radius 2 is 1.63 bits per heavy atom. The molecule has 0 bridgehead atoms. The highest BCUT2D eigenvalue weighted by Crippen LogP contribution is 2.30. The maximum atomic E-state index is 10.8. The SMILES string of the molecule is NC(=O)N(O)CCC#Cc1ccc(OCCN2CCN([C@@H](c3ccccc3)c3ccc(Cl)cc3)CC2)cc1. The van der Waals surface area contributed by atoms with Crippen molar-refractivity contribution in [2.45, 2.75) is 12.5 Å². The largest absolute Gasteiger partial charge is 0.492 e. The van der Waals surface area contributed by atoms with Crippen LogP contribution in [0.4, 0.5) is 4.79 Å². The van der Waals surface area contributed by atoms with Crippen LogP contribution in [-0.2, 0) is 0 Å². The van der Waals surface area contributed by atoms with Gasteiger partial charge in [0.05, 0.1) is 12.6 Å². The fourth-order valence-electron chi connectivity index (χ4n) is 4.50. The lowest BCUT2D eigenvalue weighted by Gasteiger charge is -2.39. The van der Waals surface area contributed by atoms with Gasteiger partial charge in [0.25, 0.3) is 0 Å². The van der Waals surface area contributed by atoms with Gasteiger partial charge in [-0.2, -0.15) is 0 Å². The van der Waals surface area contributed by atoms with E-state index in [1.807, 2.05) is 36.4 Å². The highest BCUT2D eigenvalue weighted by atomic mass is 35.5. The number of primary amides is 1. The van der Waals surface area contributed by atoms with Gasteiger partial charge < -0.3 is 10.5 Å². The summed E-state index contributed by atoms with van der Waals surface area (Å²) in [5, 5.41) is 10.4. The Hall–Kier alpha value is -3.54. The van der Waals surface area contributed by atoms with Crippen LogP contribution in [0.25, 0.3) is 0 Å². The third-order valence-corrected chi connectivity index (χ3v) is 6.79. The van der Waals surface area contributed by atoms with E-state index < -0.39 is 6.03 Å². The minimum atomic E-state index is -0.885. The van der Waals surface area contributed by atoms with E-state index >= 15 is 0 Å². The second kappa shape index (κ2) is 13.8. The van der Waals surface area contributed by atoms with Crippen molar-refractivity contribution in [3.63, 3.8) is 0 Å². The van der Waals surface area contributed by atoms with Crippen LogP contribution in [0.2, 0.25) is 5.02 Å². The Kier molecular flexibility index (Phi) is 10.0. The van der Waals surface area contributed by atoms with Crippen molar-refractivity contribution in [3.05, 3.63) is 101 Å². The number of ether oxygens (including phenoxy) is 1. The Morgan fingerprint density at radius 3 is 2.29 bits per heavy atom. The summed E-state index contributed by atoms with van der Waals surface area (Å²) in [6.45, 7) is 5.47. The molecular weight excluding hydrogens is 500 g/mol. The number of urea groups is 1. The molecule has 0 unspecified atom stereocenters. The first-order valence-corrected chi connectivity index (χ1v) is 13.1. The number of halogens is 1. The van der Waals surface area contributed by atoms with Crippen molar-refractivity contribution < 1.29 is 14.7 Å². The van der Waals surface area contributed by atoms with E-state index in [2.05, 4.69) is 64.1 Å². The number of piperazine rings is 1. The number of hydrogen-bond acceptors (Lipinski definition) is 5. The summed E-state index contributed by atoms with van der Waals surface area (Å²) in [5.74, 6) is 6.71. The molecule has 0 radical (unpaired) electrons. The average molecular weight is 533 g/mol. The maximum Gasteiger partial charge on any atom is 0.338 e. The number of carbonyl (C=O) groups is 1. The smallest absolute Gasteiger partial charge is 0.338 e. The molecule has 1 aliphatic rings. The number of benzene rings is 3. The van der Waals surface area contributed by atoms with Crippen LogP contribution in [0.1, 0.15) is 29.2 Å². The Morgan fingerprint density at radius 1 is 0.974 bits per heavy atom. The van der Waals surface area contributed by atoms with Gasteiger partial charge in [0.15, 0.2) is 0 Å². The van der Waals surface area contributed by atoms with Gasteiger partial charge in [-0.05, 0) is 47.5 Å². The van der Waals surface area contributed by atoms with Crippen LogP contribution < -0.4 is 10.5 Å². The van der Waals surface area contributed by atoms with Gasteiger partial charge in [-0.1, -0.05) is 65.9 Å². The number of carbonyl (C=O) groups excluding carboxylic acids is 1. The van der Waals surface area contributed by atoms with E-state index in [4.69, 9.17) is 22.1 Å². The van der Waals surface area contributed by atoms with Crippen molar-refractivity contribution in [3.8, 4) is 17.6 Å². The summed E-state index contributed by atoms with van der Waals surface area (Å²) in [5.41, 5.74) is 8.35. The summed E-state index contributed by atoms with van der Waals surface area (Å²) < 4.78 is 5.96. The van der Waals surface area contributed by atoms with E-state index in [1.54, 1.807) is 0 Å². The lowest BCUT2D eigenvalue weighted by molar-refractivity contribution is -0.0372. The topological polar surface area (TPSA) is 82.3 Å². The molecule has 1 fully saturated rings. The molecule has 1 atom stereocenters. The second-order valence-corrected chi connectivity index (χ2v) is 9.56. The molecule has 4 rings (SSSR count). The van der Waals surface area contributed by atoms with Crippen molar-refractivity contribution in [2.75, 3.05) is 45.9 Å². The zero-order valence-electron chi connectivity index (χ0n) is 21.3. The molecule has 0 aromatic heterocycles. The van der Waals surface area contributed by atoms with Crippen LogP contribution in [0, 0.1) is 11.8 Å². The molecule has 0 spiro atoms. The molecule has 2 amide bonds. The first kappa shape index (κ1) is 27.5. The first-order valence-electron chi connectivity index (χ1n) is 12.7. The Balaban J connectivity index is 1.23. The summed E-state index contributed by atoms with van der Waals surface area (Å²) in [4.78, 5) is 15.8. The number of hydrogen-bond donors (Lipinski definition) is 2. The van der Waals surface area contributed by atoms with Gasteiger partial charge in [-0.3, -0.25) is 15.0 Å². The number of nitrogens with two attached hydrogens (primary N) is 1. The number of rotatable bonds is 9. The highest BCUT2D eigenvalue weighted by Gasteiger charge is 2.26. The number of amides is 2. The average Bonchev–Trinajstić information content (AvgIpc) is 2.94. The third-order valence-electron chi connectivity index (χ3n) is 6.54. The van der Waals surface area contributed by atoms with E-state index in [-0.39, 0.29) is 12.6 Å². The van der Waals surface area contributed by atoms with Gasteiger partial charge in [0.2, 0.25) is 0 Å². The van der Waals surface area contributed by atoms with Crippen LogP contribution in [0.5, 0.6) is 5.75 Å². The van der Waals surface area contributed by atoms with E-state index in [0.717, 1.165) is 49.1 Å². The zero-order chi connectivity index (χ0) is 26.7. The van der Waals surface area contributed by atoms with E-state index in [9.17, 15) is 10.0 Å². The minimum absolute atomic E-state index is 0.0752. The molecule has 1 saturated heterocycles. The van der Waals surface area contributed by atoms with Gasteiger partial charge in [0, 0.05) is 49.7 Å². The van der Waals surface area contributed by atoms with Gasteiger partial charge >= 0.3 is 6.03 Å². The van der Waals surface area contributed by atoms with Crippen molar-refractivity contribution >= 4 is 17.6 Å². The molecule has 0 saturated carbocycles. The van der Waals surface area contributed by atoms with Crippen LogP contribution >= 0.6 is 11.6 Å². The quantitative estimate of drug-likeness (QED) is 0.238. The first-order chi connectivity index (χ1) is 18.5.